The van der Waals surface area contributed by atoms with Crippen LogP contribution in [-0.4, -0.2) is 16.2 Å². The molecule has 0 aliphatic carbocycles. The Hall–Kier alpha value is -1.07. The Balaban J connectivity index is 2.02. The van der Waals surface area contributed by atoms with Gasteiger partial charge in [-0.1, -0.05) is 0 Å². The largest absolute Gasteiger partial charge is 0.366 e. The fourth-order valence-electron chi connectivity index (χ4n) is 1.30. The topological polar surface area (TPSA) is 37.8 Å². The zero-order chi connectivity index (χ0) is 11.4. The van der Waals surface area contributed by atoms with Gasteiger partial charge in [0.15, 0.2) is 0 Å². The van der Waals surface area contributed by atoms with Crippen LogP contribution in [0.1, 0.15) is 11.1 Å². The van der Waals surface area contributed by atoms with Gasteiger partial charge < -0.3 is 5.32 Å². The molecule has 0 fully saturated rings. The van der Waals surface area contributed by atoms with Crippen LogP contribution in [0.2, 0.25) is 0 Å². The van der Waals surface area contributed by atoms with Gasteiger partial charge in [-0.25, -0.2) is 9.97 Å². The van der Waals surface area contributed by atoms with Crippen molar-refractivity contribution in [2.24, 2.45) is 0 Å². The Labute approximate surface area is 103 Å². The van der Waals surface area contributed by atoms with E-state index in [1.54, 1.807) is 29.4 Å². The van der Waals surface area contributed by atoms with Gasteiger partial charge in [-0.3, -0.25) is 0 Å². The van der Waals surface area contributed by atoms with Crippen molar-refractivity contribution in [2.45, 2.75) is 18.5 Å². The van der Waals surface area contributed by atoms with E-state index < -0.39 is 0 Å². The van der Waals surface area contributed by atoms with Crippen LogP contribution in [0, 0.1) is 6.92 Å². The predicted octanol–water partition coefficient (Wildman–Crippen LogP) is 3.18. The van der Waals surface area contributed by atoms with Crippen molar-refractivity contribution in [1.82, 2.24) is 9.97 Å². The number of aromatic nitrogens is 2. The molecular formula is C11H13N3S2. The summed E-state index contributed by atoms with van der Waals surface area (Å²) >= 11 is 3.35. The summed E-state index contributed by atoms with van der Waals surface area (Å²) in [6.45, 7) is 2.95. The van der Waals surface area contributed by atoms with Gasteiger partial charge in [0.05, 0.1) is 0 Å². The minimum Gasteiger partial charge on any atom is -0.366 e. The van der Waals surface area contributed by atoms with E-state index in [-0.39, 0.29) is 0 Å². The minimum atomic E-state index is 0.820. The molecule has 5 heteroatoms. The highest BCUT2D eigenvalue weighted by molar-refractivity contribution is 7.98. The summed E-state index contributed by atoms with van der Waals surface area (Å²) in [5.74, 6) is 0.880. The Morgan fingerprint density at radius 2 is 2.25 bits per heavy atom. The number of nitrogens with one attached hydrogen (secondary N) is 1. The van der Waals surface area contributed by atoms with Gasteiger partial charge in [0.2, 0.25) is 0 Å². The Morgan fingerprint density at radius 1 is 1.38 bits per heavy atom. The molecule has 1 N–H and O–H groups in total. The molecule has 0 radical (unpaired) electrons. The van der Waals surface area contributed by atoms with Crippen LogP contribution < -0.4 is 5.32 Å². The van der Waals surface area contributed by atoms with Gasteiger partial charge in [-0.2, -0.15) is 11.3 Å². The molecule has 0 aliphatic heterocycles. The second kappa shape index (κ2) is 5.32. The lowest BCUT2D eigenvalue weighted by Gasteiger charge is -2.05. The molecule has 0 amide bonds. The van der Waals surface area contributed by atoms with Gasteiger partial charge >= 0.3 is 0 Å². The van der Waals surface area contributed by atoms with E-state index in [1.807, 2.05) is 12.3 Å². The third-order valence-corrected chi connectivity index (χ3v) is 3.82. The second-order valence-corrected chi connectivity index (χ2v) is 4.95. The molecule has 0 atom stereocenters. The zero-order valence-electron chi connectivity index (χ0n) is 9.23. The van der Waals surface area contributed by atoms with Crippen molar-refractivity contribution in [3.05, 3.63) is 34.3 Å². The first-order chi connectivity index (χ1) is 7.79. The number of anilines is 1. The highest BCUT2D eigenvalue weighted by atomic mass is 32.2. The maximum atomic E-state index is 4.18. The molecule has 0 spiro atoms. The summed E-state index contributed by atoms with van der Waals surface area (Å²) in [5.41, 5.74) is 2.66. The zero-order valence-corrected chi connectivity index (χ0v) is 10.9. The van der Waals surface area contributed by atoms with E-state index in [2.05, 4.69) is 33.0 Å². The summed E-state index contributed by atoms with van der Waals surface area (Å²) in [4.78, 5) is 8.32. The third kappa shape index (κ3) is 2.74. The average Bonchev–Trinajstić information content (AvgIpc) is 2.72. The van der Waals surface area contributed by atoms with Crippen molar-refractivity contribution in [3.8, 4) is 0 Å². The first-order valence-electron chi connectivity index (χ1n) is 4.91. The normalized spacial score (nSPS) is 10.4. The predicted molar refractivity (Wildman–Crippen MR) is 70.2 cm³/mol. The van der Waals surface area contributed by atoms with Crippen molar-refractivity contribution in [2.75, 3.05) is 11.6 Å². The Bertz CT molecular complexity index is 468. The van der Waals surface area contributed by atoms with Crippen molar-refractivity contribution < 1.29 is 0 Å². The van der Waals surface area contributed by atoms with Crippen molar-refractivity contribution in [1.29, 1.82) is 0 Å². The number of thioether (sulfide) groups is 1. The summed E-state index contributed by atoms with van der Waals surface area (Å²) < 4.78 is 0. The van der Waals surface area contributed by atoms with Crippen molar-refractivity contribution >= 4 is 28.9 Å². The van der Waals surface area contributed by atoms with E-state index in [9.17, 15) is 0 Å². The number of hydrogen-bond donors (Lipinski definition) is 1. The van der Waals surface area contributed by atoms with E-state index in [4.69, 9.17) is 0 Å². The molecule has 0 saturated heterocycles. The van der Waals surface area contributed by atoms with Crippen LogP contribution >= 0.6 is 23.1 Å². The third-order valence-electron chi connectivity index (χ3n) is 2.27. The first-order valence-corrected chi connectivity index (χ1v) is 7.08. The molecule has 2 aromatic heterocycles. The highest BCUT2D eigenvalue weighted by Gasteiger charge is 2.00. The number of nitrogens with zero attached hydrogens (tertiary/aromatic N) is 2. The Morgan fingerprint density at radius 3 is 2.94 bits per heavy atom. The maximum Gasteiger partial charge on any atom is 0.130 e. The molecule has 2 aromatic rings. The molecule has 2 heterocycles. The second-order valence-electron chi connectivity index (χ2n) is 3.38. The van der Waals surface area contributed by atoms with Crippen LogP contribution in [0.3, 0.4) is 0 Å². The number of thiophene rings is 1. The van der Waals surface area contributed by atoms with Gasteiger partial charge in [0.1, 0.15) is 17.2 Å². The molecule has 0 saturated carbocycles. The summed E-state index contributed by atoms with van der Waals surface area (Å²) in [5, 5.41) is 8.61. The lowest BCUT2D eigenvalue weighted by atomic mass is 10.2. The number of aryl methyl sites for hydroxylation is 1. The molecule has 2 rings (SSSR count). The van der Waals surface area contributed by atoms with E-state index in [1.165, 1.54) is 11.1 Å². The van der Waals surface area contributed by atoms with E-state index >= 15 is 0 Å². The van der Waals surface area contributed by atoms with Crippen LogP contribution in [0.15, 0.2) is 28.2 Å². The lowest BCUT2D eigenvalue weighted by molar-refractivity contribution is 1.02. The number of hydrogen-bond acceptors (Lipinski definition) is 5. The fourth-order valence-corrected chi connectivity index (χ4v) is 2.54. The van der Waals surface area contributed by atoms with Crippen LogP contribution in [0.5, 0.6) is 0 Å². The molecule has 0 aromatic carbocycles. The van der Waals surface area contributed by atoms with Crippen LogP contribution in [0.4, 0.5) is 5.82 Å². The summed E-state index contributed by atoms with van der Waals surface area (Å²) in [7, 11) is 0. The lowest BCUT2D eigenvalue weighted by Crippen LogP contribution is -2.01. The minimum absolute atomic E-state index is 0.820. The number of rotatable bonds is 4. The van der Waals surface area contributed by atoms with Crippen LogP contribution in [0.25, 0.3) is 0 Å². The smallest absolute Gasteiger partial charge is 0.130 e. The SMILES string of the molecule is CSc1cc(NCc2cscc2C)ncn1. The highest BCUT2D eigenvalue weighted by Crippen LogP contribution is 2.17. The van der Waals surface area contributed by atoms with E-state index in [0.29, 0.717) is 0 Å². The molecular weight excluding hydrogens is 238 g/mol. The maximum absolute atomic E-state index is 4.18. The van der Waals surface area contributed by atoms with Gasteiger partial charge in [-0.15, -0.1) is 11.8 Å². The molecule has 84 valence electrons. The molecule has 0 unspecified atom stereocenters. The average molecular weight is 251 g/mol. The summed E-state index contributed by atoms with van der Waals surface area (Å²) in [6, 6.07) is 1.96. The van der Waals surface area contributed by atoms with Crippen LogP contribution in [-0.2, 0) is 6.54 Å². The van der Waals surface area contributed by atoms with E-state index in [0.717, 1.165) is 17.4 Å². The standard InChI is InChI=1S/C11H13N3S2/c1-8-5-16-6-9(8)4-12-10-3-11(15-2)14-7-13-10/h3,5-7H,4H2,1-2H3,(H,12,13,14). The summed E-state index contributed by atoms with van der Waals surface area (Å²) in [6.07, 6.45) is 3.60. The molecule has 16 heavy (non-hydrogen) atoms. The quantitative estimate of drug-likeness (QED) is 0.669. The molecule has 0 bridgehead atoms. The molecule has 3 nitrogen and oxygen atoms in total. The van der Waals surface area contributed by atoms with Gasteiger partial charge in [0, 0.05) is 12.6 Å². The van der Waals surface area contributed by atoms with Gasteiger partial charge in [-0.05, 0) is 35.1 Å². The fraction of sp³-hybridized carbons (Fsp3) is 0.273. The first kappa shape index (κ1) is 11.4. The Kier molecular flexibility index (Phi) is 3.79. The van der Waals surface area contributed by atoms with Crippen molar-refractivity contribution in [3.63, 3.8) is 0 Å². The molecule has 0 aliphatic rings. The van der Waals surface area contributed by atoms with Gasteiger partial charge in [0.25, 0.3) is 0 Å². The monoisotopic (exact) mass is 251 g/mol.